The summed E-state index contributed by atoms with van der Waals surface area (Å²) in [4.78, 5) is 12.9. The van der Waals surface area contributed by atoms with Crippen LogP contribution in [0.25, 0.3) is 0 Å². The maximum absolute atomic E-state index is 13.4. The number of benzene rings is 2. The van der Waals surface area contributed by atoms with Gasteiger partial charge in [0.15, 0.2) is 0 Å². The third-order valence-corrected chi connectivity index (χ3v) is 5.18. The lowest BCUT2D eigenvalue weighted by Crippen LogP contribution is -2.51. The van der Waals surface area contributed by atoms with Crippen molar-refractivity contribution in [3.8, 4) is 0 Å². The van der Waals surface area contributed by atoms with Crippen LogP contribution in [-0.2, 0) is 12.1 Å². The molecule has 0 fully saturated rings. The molecule has 30 heavy (non-hydrogen) atoms. The molecule has 0 saturated heterocycles. The quantitative estimate of drug-likeness (QED) is 0.600. The molecular weight excluding hydrogens is 417 g/mol. The van der Waals surface area contributed by atoms with Gasteiger partial charge in [-0.1, -0.05) is 61.7 Å². The summed E-state index contributed by atoms with van der Waals surface area (Å²) in [5.74, 6) is -0.845. The van der Waals surface area contributed by atoms with Crippen LogP contribution in [0.3, 0.4) is 0 Å². The number of carbonyl (C=O) groups excluding carboxylic acids is 1. The number of hydrogen-bond donors (Lipinski definition) is 2. The van der Waals surface area contributed by atoms with E-state index in [1.807, 2.05) is 5.43 Å². The lowest BCUT2D eigenvalue weighted by Gasteiger charge is -2.33. The number of carbonyl (C=O) groups is 1. The number of allylic oxidation sites excluding steroid dienone is 1. The number of alkyl halides is 3. The molecule has 0 aliphatic carbocycles. The number of aryl methyl sites for hydroxylation is 1. The van der Waals surface area contributed by atoms with Gasteiger partial charge in [0, 0.05) is 22.2 Å². The Bertz CT molecular complexity index is 944. The highest BCUT2D eigenvalue weighted by atomic mass is 35.5. The number of aliphatic hydroxyl groups is 1. The number of amides is 1. The number of hydrazine groups is 1. The van der Waals surface area contributed by atoms with Crippen molar-refractivity contribution in [3.63, 3.8) is 0 Å². The first kappa shape index (κ1) is 22.2. The van der Waals surface area contributed by atoms with Crippen molar-refractivity contribution >= 4 is 17.5 Å². The first-order valence-corrected chi connectivity index (χ1v) is 10.0. The molecule has 1 amide bonds. The lowest BCUT2D eigenvalue weighted by atomic mass is 9.98. The molecule has 2 aromatic rings. The molecule has 1 atom stereocenters. The van der Waals surface area contributed by atoms with Gasteiger partial charge in [-0.05, 0) is 36.6 Å². The van der Waals surface area contributed by atoms with E-state index in [0.717, 1.165) is 31.2 Å². The van der Waals surface area contributed by atoms with Crippen LogP contribution in [0.2, 0.25) is 5.02 Å². The number of nitrogens with zero attached hydrogens (tertiary/aromatic N) is 1. The van der Waals surface area contributed by atoms with Gasteiger partial charge in [-0.2, -0.15) is 13.2 Å². The fourth-order valence-electron chi connectivity index (χ4n) is 3.31. The second kappa shape index (κ2) is 8.70. The predicted molar refractivity (Wildman–Crippen MR) is 108 cm³/mol. The highest BCUT2D eigenvalue weighted by Gasteiger charge is 2.50. The van der Waals surface area contributed by atoms with Crippen LogP contribution < -0.4 is 5.43 Å². The molecule has 1 heterocycles. The lowest BCUT2D eigenvalue weighted by molar-refractivity contribution is -0.104. The topological polar surface area (TPSA) is 52.6 Å². The average molecular weight is 439 g/mol. The standard InChI is InChI=1S/C22H22ClF3N2O2/c1-2-3-4-6-15-9-11-17(12-10-15)21(30)14-19(22(24,25)26)27-28(21)20(29)16-7-5-8-18(23)13-16/h5,7-14,27,30H,2-4,6H2,1H3. The summed E-state index contributed by atoms with van der Waals surface area (Å²) < 4.78 is 40.1. The summed E-state index contributed by atoms with van der Waals surface area (Å²) >= 11 is 5.91. The zero-order valence-corrected chi connectivity index (χ0v) is 17.1. The summed E-state index contributed by atoms with van der Waals surface area (Å²) in [6.07, 6.45) is -0.165. The van der Waals surface area contributed by atoms with Gasteiger partial charge in [0.05, 0.1) is 0 Å². The van der Waals surface area contributed by atoms with E-state index in [0.29, 0.717) is 11.1 Å². The van der Waals surface area contributed by atoms with E-state index < -0.39 is 23.5 Å². The molecule has 1 unspecified atom stereocenters. The van der Waals surface area contributed by atoms with Crippen molar-refractivity contribution < 1.29 is 23.1 Å². The van der Waals surface area contributed by atoms with Gasteiger partial charge in [0.1, 0.15) is 5.70 Å². The van der Waals surface area contributed by atoms with E-state index in [2.05, 4.69) is 6.92 Å². The number of hydrogen-bond acceptors (Lipinski definition) is 3. The minimum Gasteiger partial charge on any atom is -0.362 e. The largest absolute Gasteiger partial charge is 0.432 e. The molecule has 8 heteroatoms. The second-order valence-corrected chi connectivity index (χ2v) is 7.64. The third kappa shape index (κ3) is 4.63. The average Bonchev–Trinajstić information content (AvgIpc) is 3.07. The van der Waals surface area contributed by atoms with Gasteiger partial charge in [-0.3, -0.25) is 10.2 Å². The highest BCUT2D eigenvalue weighted by molar-refractivity contribution is 6.30. The van der Waals surface area contributed by atoms with Gasteiger partial charge in [-0.15, -0.1) is 0 Å². The van der Waals surface area contributed by atoms with Gasteiger partial charge in [-0.25, -0.2) is 5.01 Å². The monoisotopic (exact) mass is 438 g/mol. The van der Waals surface area contributed by atoms with Gasteiger partial charge >= 0.3 is 6.18 Å². The van der Waals surface area contributed by atoms with E-state index in [1.165, 1.54) is 30.3 Å². The Hall–Kier alpha value is -2.51. The van der Waals surface area contributed by atoms with Crippen molar-refractivity contribution in [1.82, 2.24) is 10.4 Å². The van der Waals surface area contributed by atoms with Crippen LogP contribution in [0.5, 0.6) is 0 Å². The zero-order chi connectivity index (χ0) is 21.9. The zero-order valence-electron chi connectivity index (χ0n) is 16.3. The molecule has 2 aromatic carbocycles. The van der Waals surface area contributed by atoms with Crippen LogP contribution >= 0.6 is 11.6 Å². The van der Waals surface area contributed by atoms with Crippen molar-refractivity contribution in [2.24, 2.45) is 0 Å². The number of rotatable bonds is 6. The Kier molecular flexibility index (Phi) is 6.43. The molecule has 4 nitrogen and oxygen atoms in total. The SMILES string of the molecule is CCCCCc1ccc(C2(O)C=C(C(F)(F)F)NN2C(=O)c2cccc(Cl)c2)cc1. The second-order valence-electron chi connectivity index (χ2n) is 7.20. The molecule has 3 rings (SSSR count). The van der Waals surface area contributed by atoms with Gasteiger partial charge < -0.3 is 5.11 Å². The molecule has 160 valence electrons. The smallest absolute Gasteiger partial charge is 0.362 e. The Morgan fingerprint density at radius 2 is 1.87 bits per heavy atom. The van der Waals surface area contributed by atoms with E-state index in [1.54, 1.807) is 18.2 Å². The first-order chi connectivity index (χ1) is 14.1. The minimum absolute atomic E-state index is 0.0430. The Labute approximate surface area is 177 Å². The van der Waals surface area contributed by atoms with Crippen molar-refractivity contribution in [2.75, 3.05) is 0 Å². The summed E-state index contributed by atoms with van der Waals surface area (Å²) in [7, 11) is 0. The molecule has 0 saturated carbocycles. The Morgan fingerprint density at radius 3 is 2.47 bits per heavy atom. The molecule has 0 spiro atoms. The molecular formula is C22H22ClF3N2O2. The molecule has 2 N–H and O–H groups in total. The number of nitrogens with one attached hydrogen (secondary N) is 1. The van der Waals surface area contributed by atoms with Crippen molar-refractivity contribution in [1.29, 1.82) is 0 Å². The number of unbranched alkanes of at least 4 members (excludes halogenated alkanes) is 2. The van der Waals surface area contributed by atoms with Gasteiger partial charge in [0.25, 0.3) is 5.91 Å². The third-order valence-electron chi connectivity index (χ3n) is 4.95. The first-order valence-electron chi connectivity index (χ1n) is 9.64. The maximum atomic E-state index is 13.4. The summed E-state index contributed by atoms with van der Waals surface area (Å²) in [6.45, 7) is 2.10. The van der Waals surface area contributed by atoms with Crippen molar-refractivity contribution in [3.05, 3.63) is 82.0 Å². The molecule has 1 aliphatic heterocycles. The fraction of sp³-hybridized carbons (Fsp3) is 0.318. The van der Waals surface area contributed by atoms with Gasteiger partial charge in [0.2, 0.25) is 5.72 Å². The maximum Gasteiger partial charge on any atom is 0.432 e. The van der Waals surface area contributed by atoms with E-state index in [9.17, 15) is 23.1 Å². The molecule has 1 aliphatic rings. The Balaban J connectivity index is 1.95. The van der Waals surface area contributed by atoms with Crippen LogP contribution in [0.1, 0.15) is 47.7 Å². The highest BCUT2D eigenvalue weighted by Crippen LogP contribution is 2.38. The van der Waals surface area contributed by atoms with Crippen molar-refractivity contribution in [2.45, 2.75) is 44.5 Å². The summed E-state index contributed by atoms with van der Waals surface area (Å²) in [5, 5.41) is 12.0. The Morgan fingerprint density at radius 1 is 1.17 bits per heavy atom. The van der Waals surface area contributed by atoms with E-state index in [4.69, 9.17) is 11.6 Å². The normalized spacial score (nSPS) is 18.9. The summed E-state index contributed by atoms with van der Waals surface area (Å²) in [6, 6.07) is 12.4. The summed E-state index contributed by atoms with van der Waals surface area (Å²) in [5.41, 5.74) is -0.313. The van der Waals surface area contributed by atoms with Crippen LogP contribution in [0.15, 0.2) is 60.3 Å². The molecule has 0 bridgehead atoms. The molecule has 0 radical (unpaired) electrons. The number of halogens is 4. The van der Waals surface area contributed by atoms with E-state index >= 15 is 0 Å². The minimum atomic E-state index is -4.77. The fourth-order valence-corrected chi connectivity index (χ4v) is 3.50. The van der Waals surface area contributed by atoms with Crippen LogP contribution in [-0.4, -0.2) is 22.2 Å². The van der Waals surface area contributed by atoms with E-state index in [-0.39, 0.29) is 16.1 Å². The predicted octanol–water partition coefficient (Wildman–Crippen LogP) is 5.32. The van der Waals surface area contributed by atoms with Crippen LogP contribution in [0, 0.1) is 0 Å². The van der Waals surface area contributed by atoms with Crippen LogP contribution in [0.4, 0.5) is 13.2 Å². The molecule has 0 aromatic heterocycles.